The highest BCUT2D eigenvalue weighted by Gasteiger charge is 2.70. The Morgan fingerprint density at radius 1 is 1.32 bits per heavy atom. The number of carbonyl (C=O) groups is 2. The van der Waals surface area contributed by atoms with Crippen LogP contribution in [0.15, 0.2) is 18.2 Å². The van der Waals surface area contributed by atoms with Gasteiger partial charge in [0.15, 0.2) is 0 Å². The molecule has 7 heteroatoms. The highest BCUT2D eigenvalue weighted by atomic mass is 35.5. The third-order valence-electron chi connectivity index (χ3n) is 4.61. The first-order valence-corrected chi connectivity index (χ1v) is 7.72. The van der Waals surface area contributed by atoms with Gasteiger partial charge < -0.3 is 15.6 Å². The molecule has 2 aliphatic rings. The van der Waals surface area contributed by atoms with Crippen LogP contribution >= 0.6 is 23.2 Å². The van der Waals surface area contributed by atoms with Crippen molar-refractivity contribution in [1.29, 1.82) is 0 Å². The number of carboxylic acid groups (broad SMARTS) is 1. The number of fused-ring (bicyclic) bond motifs is 1. The average Bonchev–Trinajstić information content (AvgIpc) is 3.08. The van der Waals surface area contributed by atoms with Crippen LogP contribution in [0.25, 0.3) is 0 Å². The fourth-order valence-electron chi connectivity index (χ4n) is 3.56. The zero-order chi connectivity index (χ0) is 16.1. The molecule has 0 amide bonds. The van der Waals surface area contributed by atoms with E-state index in [0.29, 0.717) is 28.5 Å². The molecule has 1 aromatic rings. The van der Waals surface area contributed by atoms with E-state index in [2.05, 4.69) is 0 Å². The van der Waals surface area contributed by atoms with Gasteiger partial charge in [-0.15, -0.1) is 0 Å². The van der Waals surface area contributed by atoms with Crippen molar-refractivity contribution in [3.8, 4) is 0 Å². The summed E-state index contributed by atoms with van der Waals surface area (Å²) < 4.78 is 5.28. The minimum atomic E-state index is -1.20. The molecule has 2 aliphatic carbocycles. The summed E-state index contributed by atoms with van der Waals surface area (Å²) >= 11 is 11.8. The van der Waals surface area contributed by atoms with Crippen LogP contribution in [-0.4, -0.2) is 22.6 Å². The van der Waals surface area contributed by atoms with Crippen LogP contribution in [0.2, 0.25) is 10.0 Å². The highest BCUT2D eigenvalue weighted by molar-refractivity contribution is 6.34. The van der Waals surface area contributed by atoms with Gasteiger partial charge in [-0.3, -0.25) is 9.59 Å². The minimum absolute atomic E-state index is 0.00401. The van der Waals surface area contributed by atoms with E-state index in [1.54, 1.807) is 18.2 Å². The fourth-order valence-corrected chi connectivity index (χ4v) is 4.13. The predicted molar refractivity (Wildman–Crippen MR) is 80.5 cm³/mol. The van der Waals surface area contributed by atoms with Gasteiger partial charge in [0.2, 0.25) is 0 Å². The van der Waals surface area contributed by atoms with E-state index in [-0.39, 0.29) is 18.4 Å². The maximum Gasteiger partial charge on any atom is 0.326 e. The molecule has 0 bridgehead atoms. The molecule has 0 spiro atoms. The summed E-state index contributed by atoms with van der Waals surface area (Å²) in [4.78, 5) is 23.4. The van der Waals surface area contributed by atoms with Crippen LogP contribution in [0.5, 0.6) is 0 Å². The van der Waals surface area contributed by atoms with Gasteiger partial charge in [0.1, 0.15) is 12.1 Å². The Morgan fingerprint density at radius 2 is 1.95 bits per heavy atom. The first-order chi connectivity index (χ1) is 10.3. The molecule has 4 atom stereocenters. The summed E-state index contributed by atoms with van der Waals surface area (Å²) in [5.74, 6) is -2.29. The van der Waals surface area contributed by atoms with E-state index in [0.717, 1.165) is 0 Å². The number of aliphatic carboxylic acids is 1. The lowest BCUT2D eigenvalue weighted by molar-refractivity contribution is -0.152. The third-order valence-corrected chi connectivity index (χ3v) is 5.05. The number of carboxylic acids is 1. The molecule has 0 unspecified atom stereocenters. The minimum Gasteiger partial charge on any atom is -0.481 e. The number of hydrogen-bond donors (Lipinski definition) is 2. The Morgan fingerprint density at radius 3 is 2.50 bits per heavy atom. The van der Waals surface area contributed by atoms with E-state index in [1.807, 2.05) is 0 Å². The number of carbonyl (C=O) groups excluding carboxylic acids is 1. The number of rotatable bonds is 4. The number of ether oxygens (including phenoxy) is 1. The average molecular weight is 344 g/mol. The number of esters is 1. The van der Waals surface area contributed by atoms with Gasteiger partial charge in [0.25, 0.3) is 0 Å². The summed E-state index contributed by atoms with van der Waals surface area (Å²) in [5.41, 5.74) is 5.61. The van der Waals surface area contributed by atoms with E-state index >= 15 is 0 Å². The van der Waals surface area contributed by atoms with Gasteiger partial charge in [-0.05, 0) is 42.5 Å². The Labute approximate surface area is 137 Å². The van der Waals surface area contributed by atoms with Gasteiger partial charge in [0, 0.05) is 16.0 Å². The summed E-state index contributed by atoms with van der Waals surface area (Å²) in [5, 5.41) is 10.0. The maximum atomic E-state index is 12.3. The van der Waals surface area contributed by atoms with Crippen molar-refractivity contribution in [2.45, 2.75) is 25.0 Å². The molecule has 3 N–H and O–H groups in total. The van der Waals surface area contributed by atoms with Crippen molar-refractivity contribution in [2.24, 2.45) is 23.5 Å². The monoisotopic (exact) mass is 343 g/mol. The number of benzene rings is 1. The third kappa shape index (κ3) is 2.57. The lowest BCUT2D eigenvalue weighted by atomic mass is 9.91. The van der Waals surface area contributed by atoms with Crippen LogP contribution in [0.3, 0.4) is 0 Å². The van der Waals surface area contributed by atoms with E-state index < -0.39 is 23.4 Å². The lowest BCUT2D eigenvalue weighted by Gasteiger charge is -2.24. The predicted octanol–water partition coefficient (Wildman–Crippen LogP) is 2.47. The van der Waals surface area contributed by atoms with E-state index in [1.165, 1.54) is 0 Å². The Kier molecular flexibility index (Phi) is 3.83. The van der Waals surface area contributed by atoms with E-state index in [4.69, 9.17) is 38.8 Å². The molecular weight excluding hydrogens is 329 g/mol. The molecule has 118 valence electrons. The molecule has 2 saturated carbocycles. The summed E-state index contributed by atoms with van der Waals surface area (Å²) in [6.07, 6.45) is 1.11. The van der Waals surface area contributed by atoms with E-state index in [9.17, 15) is 9.59 Å². The molecule has 22 heavy (non-hydrogen) atoms. The second kappa shape index (κ2) is 5.41. The molecule has 0 heterocycles. The zero-order valence-electron chi connectivity index (χ0n) is 11.6. The van der Waals surface area contributed by atoms with Gasteiger partial charge in [0.05, 0.1) is 5.92 Å². The molecular formula is C15H15Cl2NO4. The summed E-state index contributed by atoms with van der Waals surface area (Å²) in [6, 6.07) is 4.89. The normalized spacial score (nSPS) is 32.4. The van der Waals surface area contributed by atoms with Crippen LogP contribution in [0.4, 0.5) is 0 Å². The van der Waals surface area contributed by atoms with Gasteiger partial charge in [-0.1, -0.05) is 23.2 Å². The molecule has 5 nitrogen and oxygen atoms in total. The largest absolute Gasteiger partial charge is 0.481 e. The Hall–Kier alpha value is -1.30. The Bertz CT molecular complexity index is 630. The molecule has 3 rings (SSSR count). The molecule has 1 aromatic carbocycles. The summed E-state index contributed by atoms with van der Waals surface area (Å²) in [6.45, 7) is 0.00713. The zero-order valence-corrected chi connectivity index (χ0v) is 13.1. The molecule has 0 aromatic heterocycles. The Balaban J connectivity index is 1.66. The van der Waals surface area contributed by atoms with Gasteiger partial charge >= 0.3 is 11.9 Å². The van der Waals surface area contributed by atoms with Crippen LogP contribution < -0.4 is 5.73 Å². The summed E-state index contributed by atoms with van der Waals surface area (Å²) in [7, 11) is 0. The van der Waals surface area contributed by atoms with Crippen LogP contribution in [0.1, 0.15) is 18.4 Å². The van der Waals surface area contributed by atoms with Crippen molar-refractivity contribution >= 4 is 35.1 Å². The van der Waals surface area contributed by atoms with Crippen molar-refractivity contribution in [3.63, 3.8) is 0 Å². The first kappa shape index (κ1) is 15.6. The van der Waals surface area contributed by atoms with Gasteiger partial charge in [-0.25, -0.2) is 0 Å². The molecule has 0 saturated heterocycles. The number of hydrogen-bond acceptors (Lipinski definition) is 4. The smallest absolute Gasteiger partial charge is 0.326 e. The SMILES string of the molecule is N[C@@]1(C(=O)OCc2cc(Cl)cc(Cl)c2)CC[C@H]2[C@H](C(=O)O)[C@H]21. The molecule has 0 radical (unpaired) electrons. The maximum absolute atomic E-state index is 12.3. The fraction of sp³-hybridized carbons (Fsp3) is 0.467. The van der Waals surface area contributed by atoms with Crippen LogP contribution in [0, 0.1) is 17.8 Å². The second-order valence-electron chi connectivity index (χ2n) is 5.99. The molecule has 0 aliphatic heterocycles. The first-order valence-electron chi connectivity index (χ1n) is 6.97. The van der Waals surface area contributed by atoms with Crippen molar-refractivity contribution in [1.82, 2.24) is 0 Å². The van der Waals surface area contributed by atoms with Crippen molar-refractivity contribution in [2.75, 3.05) is 0 Å². The van der Waals surface area contributed by atoms with Gasteiger partial charge in [-0.2, -0.15) is 0 Å². The molecule has 2 fully saturated rings. The number of halogens is 2. The highest BCUT2D eigenvalue weighted by Crippen LogP contribution is 2.61. The standard InChI is InChI=1S/C15H15Cl2NO4/c16-8-3-7(4-9(17)5-8)6-22-14(21)15(18)2-1-10-11(12(10)15)13(19)20/h3-5,10-12H,1-2,6,18H2,(H,19,20)/t10-,11-,12-,15-/m0/s1. The van der Waals surface area contributed by atoms with Crippen molar-refractivity contribution in [3.05, 3.63) is 33.8 Å². The quantitative estimate of drug-likeness (QED) is 0.819. The number of nitrogens with two attached hydrogens (primary N) is 1. The topological polar surface area (TPSA) is 89.6 Å². The van der Waals surface area contributed by atoms with Crippen molar-refractivity contribution < 1.29 is 19.4 Å². The second-order valence-corrected chi connectivity index (χ2v) is 6.86. The lowest BCUT2D eigenvalue weighted by Crippen LogP contribution is -2.50. The van der Waals surface area contributed by atoms with Crippen LogP contribution in [-0.2, 0) is 20.9 Å².